The molecule has 4 aromatic rings. The van der Waals surface area contributed by atoms with Gasteiger partial charge in [0.25, 0.3) is 0 Å². The van der Waals surface area contributed by atoms with Crippen LogP contribution in [-0.2, 0) is 27.8 Å². The van der Waals surface area contributed by atoms with Crippen molar-refractivity contribution in [3.63, 3.8) is 0 Å². The summed E-state index contributed by atoms with van der Waals surface area (Å²) in [6, 6.07) is 25.6. The molecule has 156 valence electrons. The van der Waals surface area contributed by atoms with E-state index in [1.807, 2.05) is 60.7 Å². The fourth-order valence-electron chi connectivity index (χ4n) is 3.36. The van der Waals surface area contributed by atoms with Gasteiger partial charge in [0.05, 0.1) is 34.8 Å². The number of hydrogen-bond acceptors (Lipinski definition) is 5. The van der Waals surface area contributed by atoms with Crippen LogP contribution in [0, 0.1) is 0 Å². The van der Waals surface area contributed by atoms with Crippen LogP contribution in [0.5, 0.6) is 5.75 Å². The number of sulfone groups is 1. The molecule has 0 amide bonds. The highest BCUT2D eigenvalue weighted by molar-refractivity contribution is 7.89. The number of aromatic nitrogens is 2. The summed E-state index contributed by atoms with van der Waals surface area (Å²) in [6.07, 6.45) is 2.07. The van der Waals surface area contributed by atoms with Gasteiger partial charge in [0.15, 0.2) is 9.84 Å². The van der Waals surface area contributed by atoms with Crippen molar-refractivity contribution < 1.29 is 13.5 Å². The van der Waals surface area contributed by atoms with Crippen molar-refractivity contribution >= 4 is 9.84 Å². The predicted molar refractivity (Wildman–Crippen MR) is 121 cm³/mol. The van der Waals surface area contributed by atoms with E-state index < -0.39 is 9.84 Å². The summed E-state index contributed by atoms with van der Waals surface area (Å²) in [6.45, 7) is 0. The van der Waals surface area contributed by atoms with Gasteiger partial charge in [-0.2, -0.15) is 0 Å². The van der Waals surface area contributed by atoms with Crippen LogP contribution in [0.1, 0.15) is 22.5 Å². The van der Waals surface area contributed by atoms with Crippen molar-refractivity contribution in [2.45, 2.75) is 17.9 Å². The van der Waals surface area contributed by atoms with E-state index in [0.717, 1.165) is 16.7 Å². The molecule has 5 nitrogen and oxygen atoms in total. The normalized spacial score (nSPS) is 11.4. The first-order valence-corrected chi connectivity index (χ1v) is 11.7. The fourth-order valence-corrected chi connectivity index (χ4v) is 4.82. The highest BCUT2D eigenvalue weighted by atomic mass is 32.2. The quantitative estimate of drug-likeness (QED) is 0.465. The van der Waals surface area contributed by atoms with Crippen molar-refractivity contribution in [3.8, 4) is 17.0 Å². The lowest BCUT2D eigenvalue weighted by molar-refractivity contribution is 0.475. The first-order valence-electron chi connectivity index (χ1n) is 9.91. The van der Waals surface area contributed by atoms with Crippen molar-refractivity contribution in [1.82, 2.24) is 9.97 Å². The van der Waals surface area contributed by atoms with Gasteiger partial charge in [-0.05, 0) is 35.4 Å². The Morgan fingerprint density at radius 2 is 1.32 bits per heavy atom. The molecule has 1 heterocycles. The van der Waals surface area contributed by atoms with Crippen molar-refractivity contribution in [3.05, 3.63) is 114 Å². The number of aromatic hydroxyl groups is 1. The third-order valence-electron chi connectivity index (χ3n) is 4.89. The molecule has 4 rings (SSSR count). The summed E-state index contributed by atoms with van der Waals surface area (Å²) in [5, 5.41) is 9.54. The van der Waals surface area contributed by atoms with Crippen LogP contribution in [-0.4, -0.2) is 23.5 Å². The van der Waals surface area contributed by atoms with Crippen molar-refractivity contribution in [1.29, 1.82) is 0 Å². The van der Waals surface area contributed by atoms with Crippen LogP contribution in [0.2, 0.25) is 0 Å². The smallest absolute Gasteiger partial charge is 0.160 e. The van der Waals surface area contributed by atoms with Crippen LogP contribution >= 0.6 is 0 Å². The molecule has 0 bridgehead atoms. The molecule has 3 aromatic carbocycles. The summed E-state index contributed by atoms with van der Waals surface area (Å²) < 4.78 is 25.7. The van der Waals surface area contributed by atoms with E-state index in [1.54, 1.807) is 30.5 Å². The van der Waals surface area contributed by atoms with Gasteiger partial charge in [-0.25, -0.2) is 13.4 Å². The Morgan fingerprint density at radius 3 is 1.97 bits per heavy atom. The summed E-state index contributed by atoms with van der Waals surface area (Å²) in [4.78, 5) is 9.25. The lowest BCUT2D eigenvalue weighted by Crippen LogP contribution is -2.12. The second kappa shape index (κ2) is 9.10. The molecule has 1 aromatic heterocycles. The Balaban J connectivity index is 1.67. The maximum absolute atomic E-state index is 12.9. The van der Waals surface area contributed by atoms with E-state index in [1.165, 1.54) is 0 Å². The Labute approximate surface area is 182 Å². The van der Waals surface area contributed by atoms with Gasteiger partial charge >= 0.3 is 0 Å². The monoisotopic (exact) mass is 430 g/mol. The van der Waals surface area contributed by atoms with Crippen LogP contribution in [0.25, 0.3) is 11.3 Å². The first kappa shape index (κ1) is 20.8. The van der Waals surface area contributed by atoms with Gasteiger partial charge in [0, 0.05) is 12.0 Å². The minimum Gasteiger partial charge on any atom is -0.508 e. The average Bonchev–Trinajstić information content (AvgIpc) is 2.76. The van der Waals surface area contributed by atoms with E-state index in [0.29, 0.717) is 23.5 Å². The number of phenolic OH excluding ortho intramolecular Hbond substituents is 1. The molecular formula is C25H22N2O3S. The van der Waals surface area contributed by atoms with Crippen LogP contribution in [0.3, 0.4) is 0 Å². The number of nitrogens with zero attached hydrogens (tertiary/aromatic N) is 2. The second-order valence-electron chi connectivity index (χ2n) is 7.38. The molecule has 0 saturated carbocycles. The SMILES string of the molecule is O=S(=O)(Cc1ccccc1)Cc1ncc(-c2ccc(O)cc2)nc1Cc1ccccc1. The Bertz CT molecular complexity index is 1260. The molecule has 0 spiro atoms. The lowest BCUT2D eigenvalue weighted by atomic mass is 10.1. The van der Waals surface area contributed by atoms with Crippen molar-refractivity contribution in [2.75, 3.05) is 0 Å². The van der Waals surface area contributed by atoms with Gasteiger partial charge in [-0.1, -0.05) is 60.7 Å². The van der Waals surface area contributed by atoms with E-state index in [9.17, 15) is 13.5 Å². The Hall–Kier alpha value is -3.51. The van der Waals surface area contributed by atoms with Gasteiger partial charge in [-0.15, -0.1) is 0 Å². The topological polar surface area (TPSA) is 80.2 Å². The van der Waals surface area contributed by atoms with E-state index in [2.05, 4.69) is 4.98 Å². The third-order valence-corrected chi connectivity index (χ3v) is 6.38. The zero-order valence-electron chi connectivity index (χ0n) is 16.8. The van der Waals surface area contributed by atoms with E-state index in [4.69, 9.17) is 4.98 Å². The molecule has 31 heavy (non-hydrogen) atoms. The highest BCUT2D eigenvalue weighted by Gasteiger charge is 2.19. The molecule has 0 aliphatic heterocycles. The minimum absolute atomic E-state index is 0.0417. The second-order valence-corrected chi connectivity index (χ2v) is 9.44. The highest BCUT2D eigenvalue weighted by Crippen LogP contribution is 2.23. The summed E-state index contributed by atoms with van der Waals surface area (Å²) in [7, 11) is -3.42. The van der Waals surface area contributed by atoms with Crippen molar-refractivity contribution in [2.24, 2.45) is 0 Å². The maximum Gasteiger partial charge on any atom is 0.160 e. The largest absolute Gasteiger partial charge is 0.508 e. The average molecular weight is 431 g/mol. The molecule has 1 N–H and O–H groups in total. The first-order chi connectivity index (χ1) is 15.0. The third kappa shape index (κ3) is 5.55. The maximum atomic E-state index is 12.9. The molecule has 0 saturated heterocycles. The molecule has 0 aliphatic carbocycles. The zero-order valence-corrected chi connectivity index (χ0v) is 17.7. The molecule has 0 unspecified atom stereocenters. The van der Waals surface area contributed by atoms with Gasteiger partial charge in [0.1, 0.15) is 5.75 Å². The van der Waals surface area contributed by atoms with Crippen LogP contribution in [0.15, 0.2) is 91.1 Å². The fraction of sp³-hybridized carbons (Fsp3) is 0.120. The standard InChI is InChI=1S/C25H22N2O3S/c28-22-13-11-21(12-14-22)24-16-26-25(23(27-24)15-19-7-3-1-4-8-19)18-31(29,30)17-20-9-5-2-6-10-20/h1-14,16,28H,15,17-18H2. The molecule has 0 atom stereocenters. The predicted octanol–water partition coefficient (Wildman–Crippen LogP) is 4.56. The molecular weight excluding hydrogens is 408 g/mol. The lowest BCUT2D eigenvalue weighted by Gasteiger charge is -2.12. The van der Waals surface area contributed by atoms with Gasteiger partial charge in [0.2, 0.25) is 0 Å². The molecule has 0 radical (unpaired) electrons. The molecule has 6 heteroatoms. The van der Waals surface area contributed by atoms with E-state index >= 15 is 0 Å². The minimum atomic E-state index is -3.42. The summed E-state index contributed by atoms with van der Waals surface area (Å²) in [5.74, 6) is -0.0442. The van der Waals surface area contributed by atoms with Crippen LogP contribution in [0.4, 0.5) is 0 Å². The Morgan fingerprint density at radius 1 is 0.710 bits per heavy atom. The van der Waals surface area contributed by atoms with Crippen LogP contribution < -0.4 is 0 Å². The Kier molecular flexibility index (Phi) is 6.09. The number of phenols is 1. The zero-order chi connectivity index (χ0) is 21.7. The summed E-state index contributed by atoms with van der Waals surface area (Å²) in [5.41, 5.74) is 4.31. The van der Waals surface area contributed by atoms with E-state index in [-0.39, 0.29) is 17.3 Å². The number of rotatable bonds is 7. The molecule has 0 fully saturated rings. The number of hydrogen-bond donors (Lipinski definition) is 1. The van der Waals surface area contributed by atoms with Gasteiger partial charge in [-0.3, -0.25) is 4.98 Å². The number of benzene rings is 3. The molecule has 0 aliphatic rings. The summed E-state index contributed by atoms with van der Waals surface area (Å²) >= 11 is 0. The van der Waals surface area contributed by atoms with Gasteiger partial charge < -0.3 is 5.11 Å².